The molecule has 0 spiro atoms. The third-order valence-electron chi connectivity index (χ3n) is 10.2. The van der Waals surface area contributed by atoms with Gasteiger partial charge in [0.2, 0.25) is 5.65 Å². The molecule has 0 unspecified atom stereocenters. The second kappa shape index (κ2) is 7.74. The average molecular weight is 471 g/mol. The molecule has 6 nitrogen and oxygen atoms in total. The maximum atomic E-state index is 13.5. The quantitative estimate of drug-likeness (QED) is 0.677. The van der Waals surface area contributed by atoms with Crippen molar-refractivity contribution in [2.75, 3.05) is 0 Å². The van der Waals surface area contributed by atoms with Gasteiger partial charge in [0.15, 0.2) is 5.78 Å². The van der Waals surface area contributed by atoms with Gasteiger partial charge in [-0.3, -0.25) is 4.79 Å². The molecule has 0 bridgehead atoms. The number of carbonyl (C=O) groups is 1. The molecular formula is C26H35ClN4O2. The number of carbonyl (C=O) groups excluding carboxylic acids is 1. The Morgan fingerprint density at radius 2 is 1.91 bits per heavy atom. The summed E-state index contributed by atoms with van der Waals surface area (Å²) >= 11 is 6.03. The second-order valence-electron chi connectivity index (χ2n) is 12.0. The summed E-state index contributed by atoms with van der Waals surface area (Å²) in [5.41, 5.74) is 0.800. The number of hydrogen-bond acceptors (Lipinski definition) is 5. The Labute approximate surface area is 200 Å². The summed E-state index contributed by atoms with van der Waals surface area (Å²) in [5.74, 6) is 4.04. The number of Topliss-reactive ketones (excluding diaryl/α,β-unsaturated/α-hetero) is 1. The number of aliphatic hydroxyl groups is 1. The maximum Gasteiger partial charge on any atom is 0.201 e. The Kier molecular flexibility index (Phi) is 5.15. The van der Waals surface area contributed by atoms with Crippen molar-refractivity contribution in [1.82, 2.24) is 20.0 Å². The molecule has 2 aromatic rings. The molecule has 8 atom stereocenters. The van der Waals surface area contributed by atoms with E-state index >= 15 is 0 Å². The number of nitrogens with zero attached hydrogens (tertiary/aromatic N) is 4. The summed E-state index contributed by atoms with van der Waals surface area (Å²) in [6.45, 7) is 4.65. The van der Waals surface area contributed by atoms with Crippen LogP contribution in [-0.4, -0.2) is 36.5 Å². The smallest absolute Gasteiger partial charge is 0.201 e. The monoisotopic (exact) mass is 470 g/mol. The van der Waals surface area contributed by atoms with Crippen LogP contribution in [0.4, 0.5) is 0 Å². The first-order chi connectivity index (χ1) is 15.7. The van der Waals surface area contributed by atoms with Crippen LogP contribution in [0.15, 0.2) is 12.3 Å². The third-order valence-corrected chi connectivity index (χ3v) is 10.4. The summed E-state index contributed by atoms with van der Waals surface area (Å²) in [4.78, 5) is 19.2. The van der Waals surface area contributed by atoms with Gasteiger partial charge >= 0.3 is 0 Å². The Morgan fingerprint density at radius 1 is 1.09 bits per heavy atom. The van der Waals surface area contributed by atoms with Crippen molar-refractivity contribution in [2.45, 2.75) is 83.8 Å². The van der Waals surface area contributed by atoms with Gasteiger partial charge in [-0.05, 0) is 106 Å². The second-order valence-corrected chi connectivity index (χ2v) is 12.5. The minimum absolute atomic E-state index is 0.0962. The zero-order valence-electron chi connectivity index (χ0n) is 19.7. The number of fused-ring (bicyclic) bond motifs is 6. The number of hydrogen-bond donors (Lipinski definition) is 1. The molecule has 4 saturated carbocycles. The summed E-state index contributed by atoms with van der Waals surface area (Å²) in [6.07, 6.45) is 11.8. The van der Waals surface area contributed by atoms with Gasteiger partial charge in [-0.15, -0.1) is 5.10 Å². The predicted molar refractivity (Wildman–Crippen MR) is 127 cm³/mol. The lowest BCUT2D eigenvalue weighted by Crippen LogP contribution is -2.51. The van der Waals surface area contributed by atoms with Crippen molar-refractivity contribution in [3.8, 4) is 0 Å². The molecule has 33 heavy (non-hydrogen) atoms. The molecule has 4 fully saturated rings. The molecule has 0 amide bonds. The van der Waals surface area contributed by atoms with Crippen molar-refractivity contribution < 1.29 is 9.90 Å². The minimum atomic E-state index is -0.464. The fourth-order valence-electron chi connectivity index (χ4n) is 8.76. The van der Waals surface area contributed by atoms with E-state index in [0.717, 1.165) is 43.4 Å². The third kappa shape index (κ3) is 3.63. The largest absolute Gasteiger partial charge is 0.390 e. The Morgan fingerprint density at radius 3 is 2.76 bits per heavy atom. The molecule has 0 aliphatic heterocycles. The minimum Gasteiger partial charge on any atom is -0.390 e. The SMILES string of the molecule is C[C@@]1(O)CC[C@H]2[C@H](CC[C@@H]3[C@@H]2CC[C@]2(C)[C@@H](C(=O)Cn4nc5cc(Cl)cnc5n4)CC[C@@H]32)C1. The van der Waals surface area contributed by atoms with E-state index in [0.29, 0.717) is 28.0 Å². The molecule has 1 N–H and O–H groups in total. The average Bonchev–Trinajstić information content (AvgIpc) is 3.32. The molecule has 7 heteroatoms. The number of halogens is 1. The van der Waals surface area contributed by atoms with E-state index < -0.39 is 5.60 Å². The van der Waals surface area contributed by atoms with Crippen LogP contribution >= 0.6 is 11.6 Å². The first kappa shape index (κ1) is 22.0. The van der Waals surface area contributed by atoms with Gasteiger partial charge in [0.1, 0.15) is 12.1 Å². The molecular weight excluding hydrogens is 436 g/mol. The summed E-state index contributed by atoms with van der Waals surface area (Å²) in [7, 11) is 0. The van der Waals surface area contributed by atoms with Crippen molar-refractivity contribution >= 4 is 28.5 Å². The molecule has 0 radical (unpaired) electrons. The van der Waals surface area contributed by atoms with Crippen molar-refractivity contribution in [2.24, 2.45) is 40.9 Å². The number of pyridine rings is 1. The number of aromatic nitrogens is 4. The van der Waals surface area contributed by atoms with Gasteiger partial charge in [-0.1, -0.05) is 18.5 Å². The molecule has 178 valence electrons. The lowest BCUT2D eigenvalue weighted by atomic mass is 9.49. The normalized spacial score (nSPS) is 42.5. The van der Waals surface area contributed by atoms with E-state index in [1.807, 2.05) is 6.92 Å². The summed E-state index contributed by atoms with van der Waals surface area (Å²) in [6, 6.07) is 1.74. The first-order valence-electron chi connectivity index (χ1n) is 12.8. The topological polar surface area (TPSA) is 80.9 Å². The zero-order valence-corrected chi connectivity index (χ0v) is 20.5. The summed E-state index contributed by atoms with van der Waals surface area (Å²) in [5, 5.41) is 20.0. The molecule has 4 aliphatic carbocycles. The predicted octanol–water partition coefficient (Wildman–Crippen LogP) is 5.07. The van der Waals surface area contributed by atoms with E-state index in [2.05, 4.69) is 22.1 Å². The van der Waals surface area contributed by atoms with Crippen molar-refractivity contribution in [3.63, 3.8) is 0 Å². The van der Waals surface area contributed by atoms with Crippen LogP contribution in [-0.2, 0) is 11.3 Å². The van der Waals surface area contributed by atoms with Crippen LogP contribution in [0.25, 0.3) is 11.2 Å². The van der Waals surface area contributed by atoms with E-state index in [9.17, 15) is 9.90 Å². The highest BCUT2D eigenvalue weighted by atomic mass is 35.5. The highest BCUT2D eigenvalue weighted by Gasteiger charge is 2.58. The van der Waals surface area contributed by atoms with Gasteiger partial charge in [-0.2, -0.15) is 9.90 Å². The van der Waals surface area contributed by atoms with Gasteiger partial charge in [0.25, 0.3) is 0 Å². The fourth-order valence-corrected chi connectivity index (χ4v) is 8.91. The fraction of sp³-hybridized carbons (Fsp3) is 0.769. The molecule has 2 heterocycles. The van der Waals surface area contributed by atoms with Crippen LogP contribution < -0.4 is 0 Å². The molecule has 0 saturated heterocycles. The maximum absolute atomic E-state index is 13.5. The summed E-state index contributed by atoms with van der Waals surface area (Å²) < 4.78 is 0. The number of ketones is 1. The van der Waals surface area contributed by atoms with Crippen molar-refractivity contribution in [3.05, 3.63) is 17.3 Å². The molecule has 6 rings (SSSR count). The van der Waals surface area contributed by atoms with E-state index in [-0.39, 0.29) is 23.7 Å². The first-order valence-corrected chi connectivity index (χ1v) is 13.2. The van der Waals surface area contributed by atoms with Gasteiger partial charge in [0.05, 0.1) is 10.6 Å². The Balaban J connectivity index is 1.18. The van der Waals surface area contributed by atoms with Crippen molar-refractivity contribution in [1.29, 1.82) is 0 Å². The van der Waals surface area contributed by atoms with Gasteiger partial charge < -0.3 is 5.11 Å². The van der Waals surface area contributed by atoms with Crippen LogP contribution in [0.5, 0.6) is 0 Å². The van der Waals surface area contributed by atoms with Gasteiger partial charge in [-0.25, -0.2) is 4.98 Å². The van der Waals surface area contributed by atoms with Gasteiger partial charge in [0, 0.05) is 12.1 Å². The lowest BCUT2D eigenvalue weighted by molar-refractivity contribution is -0.133. The molecule has 4 aliphatic rings. The van der Waals surface area contributed by atoms with Crippen LogP contribution in [0.3, 0.4) is 0 Å². The number of rotatable bonds is 3. The molecule has 0 aromatic carbocycles. The van der Waals surface area contributed by atoms with E-state index in [1.165, 1.54) is 36.9 Å². The standard InChI is InChI=1S/C26H35ClN4O2/c1-25(33)9-7-17-15(12-25)3-4-19-18(17)8-10-26(2)20(19)5-6-21(26)23(32)14-31-29-22-11-16(27)13-28-24(22)30-31/h11,13,15,17-21,33H,3-10,12,14H2,1-2H3/t15-,17+,18-,19-,20+,21-,25-,26+/m1/s1. The Bertz CT molecular complexity index is 1080. The van der Waals surface area contributed by atoms with E-state index in [1.54, 1.807) is 12.3 Å². The zero-order chi connectivity index (χ0) is 23.0. The highest BCUT2D eigenvalue weighted by Crippen LogP contribution is 2.64. The molecule has 2 aromatic heterocycles. The van der Waals surface area contributed by atoms with E-state index in [4.69, 9.17) is 11.6 Å². The lowest BCUT2D eigenvalue weighted by Gasteiger charge is -2.56. The highest BCUT2D eigenvalue weighted by molar-refractivity contribution is 6.30. The Hall–Kier alpha value is -1.53. The van der Waals surface area contributed by atoms with Crippen LogP contribution in [0, 0.1) is 40.9 Å². The van der Waals surface area contributed by atoms with Crippen LogP contribution in [0.1, 0.15) is 71.6 Å². The van der Waals surface area contributed by atoms with Crippen LogP contribution in [0.2, 0.25) is 5.02 Å².